The predicted octanol–water partition coefficient (Wildman–Crippen LogP) is 1.04. The molecule has 0 amide bonds. The standard InChI is InChI=1S/C16H12O7/c1-21-8-4-9-12-7(6-17)3-11(22-2)14(19)15(12)23-16(20)13(9)10(18)5-8/h3-6,17,20H,1-2H3/b7-6+. The fraction of sp³-hybridized carbons (Fsp3) is 0.125. The normalized spacial score (nSPS) is 12.0. The molecule has 0 aliphatic heterocycles. The summed E-state index contributed by atoms with van der Waals surface area (Å²) in [5.41, 5.74) is -1.38. The monoisotopic (exact) mass is 316 g/mol. The van der Waals surface area contributed by atoms with Crippen LogP contribution in [0.1, 0.15) is 0 Å². The van der Waals surface area contributed by atoms with Gasteiger partial charge in [-0.25, -0.2) is 0 Å². The van der Waals surface area contributed by atoms with E-state index in [0.29, 0.717) is 0 Å². The van der Waals surface area contributed by atoms with Crippen molar-refractivity contribution >= 4 is 28.0 Å². The zero-order valence-electron chi connectivity index (χ0n) is 12.2. The summed E-state index contributed by atoms with van der Waals surface area (Å²) in [5.74, 6) is -0.499. The highest BCUT2D eigenvalue weighted by Gasteiger charge is 2.18. The first-order valence-corrected chi connectivity index (χ1v) is 6.54. The van der Waals surface area contributed by atoms with Gasteiger partial charge in [-0.2, -0.15) is 0 Å². The number of benzene rings is 2. The maximum Gasteiger partial charge on any atom is 0.294 e. The SMILES string of the molecule is COc1cc(=O)c2c(O)oc3c(=O)c(OC)c/c(=C\O)c3c2c1. The molecule has 1 heterocycles. The van der Waals surface area contributed by atoms with Crippen molar-refractivity contribution in [2.24, 2.45) is 0 Å². The Labute approximate surface area is 128 Å². The number of hydrogen-bond donors (Lipinski definition) is 2. The Morgan fingerprint density at radius 2 is 1.83 bits per heavy atom. The molecule has 0 aliphatic carbocycles. The van der Waals surface area contributed by atoms with E-state index in [1.165, 1.54) is 32.4 Å². The van der Waals surface area contributed by atoms with Gasteiger partial charge in [0.25, 0.3) is 11.4 Å². The number of rotatable bonds is 2. The lowest BCUT2D eigenvalue weighted by molar-refractivity contribution is 0.345. The highest BCUT2D eigenvalue weighted by Crippen LogP contribution is 2.30. The lowest BCUT2D eigenvalue weighted by Crippen LogP contribution is -2.15. The van der Waals surface area contributed by atoms with Gasteiger partial charge in [0, 0.05) is 22.1 Å². The van der Waals surface area contributed by atoms with Crippen molar-refractivity contribution in [1.29, 1.82) is 0 Å². The first-order chi connectivity index (χ1) is 11.0. The number of methoxy groups -OCH3 is 2. The fourth-order valence-electron chi connectivity index (χ4n) is 2.54. The van der Waals surface area contributed by atoms with Crippen LogP contribution in [-0.4, -0.2) is 24.4 Å². The summed E-state index contributed by atoms with van der Waals surface area (Å²) in [5, 5.41) is 20.0. The van der Waals surface area contributed by atoms with E-state index in [1.54, 1.807) is 0 Å². The van der Waals surface area contributed by atoms with Gasteiger partial charge >= 0.3 is 0 Å². The number of ether oxygens (including phenoxy) is 2. The van der Waals surface area contributed by atoms with Crippen LogP contribution in [0.2, 0.25) is 0 Å². The first kappa shape index (κ1) is 14.7. The smallest absolute Gasteiger partial charge is 0.294 e. The Balaban J connectivity index is 2.74. The van der Waals surface area contributed by atoms with E-state index in [0.717, 1.165) is 6.26 Å². The van der Waals surface area contributed by atoms with Crippen LogP contribution in [0.4, 0.5) is 0 Å². The molecule has 2 N–H and O–H groups in total. The van der Waals surface area contributed by atoms with Crippen molar-refractivity contribution in [3.8, 4) is 17.4 Å². The van der Waals surface area contributed by atoms with E-state index < -0.39 is 16.8 Å². The molecule has 0 unspecified atom stereocenters. The zero-order chi connectivity index (χ0) is 16.7. The van der Waals surface area contributed by atoms with Crippen molar-refractivity contribution in [3.63, 3.8) is 0 Å². The molecule has 0 fully saturated rings. The van der Waals surface area contributed by atoms with Crippen molar-refractivity contribution in [2.75, 3.05) is 14.2 Å². The third-order valence-corrected chi connectivity index (χ3v) is 3.58. The minimum Gasteiger partial charge on any atom is -0.515 e. The maximum atomic E-state index is 12.3. The molecule has 0 radical (unpaired) electrons. The molecule has 0 atom stereocenters. The first-order valence-electron chi connectivity index (χ1n) is 6.54. The molecular formula is C16H12O7. The summed E-state index contributed by atoms with van der Waals surface area (Å²) in [7, 11) is 2.68. The second-order valence-electron chi connectivity index (χ2n) is 4.79. The Kier molecular flexibility index (Phi) is 3.33. The Hall–Kier alpha value is -3.22. The maximum absolute atomic E-state index is 12.3. The molecule has 0 aliphatic rings. The molecule has 0 spiro atoms. The van der Waals surface area contributed by atoms with Gasteiger partial charge in [0.15, 0.2) is 16.8 Å². The van der Waals surface area contributed by atoms with E-state index in [9.17, 15) is 19.8 Å². The van der Waals surface area contributed by atoms with Crippen LogP contribution in [0, 0.1) is 0 Å². The molecule has 0 saturated carbocycles. The lowest BCUT2D eigenvalue weighted by atomic mass is 10.0. The Bertz CT molecular complexity index is 1100. The van der Waals surface area contributed by atoms with E-state index in [2.05, 4.69) is 0 Å². The van der Waals surface area contributed by atoms with Crippen molar-refractivity contribution in [1.82, 2.24) is 0 Å². The average molecular weight is 316 g/mol. The molecule has 2 aromatic carbocycles. The molecular weight excluding hydrogens is 304 g/mol. The van der Waals surface area contributed by atoms with Gasteiger partial charge < -0.3 is 24.1 Å². The molecule has 7 nitrogen and oxygen atoms in total. The van der Waals surface area contributed by atoms with Crippen LogP contribution < -0.4 is 25.5 Å². The summed E-state index contributed by atoms with van der Waals surface area (Å²) in [6.45, 7) is 0. The topological polar surface area (TPSA) is 106 Å². The van der Waals surface area contributed by atoms with Gasteiger partial charge in [-0.3, -0.25) is 9.59 Å². The summed E-state index contributed by atoms with van der Waals surface area (Å²) in [6.07, 6.45) is 0.764. The van der Waals surface area contributed by atoms with Crippen molar-refractivity contribution < 1.29 is 24.1 Å². The summed E-state index contributed by atoms with van der Waals surface area (Å²) in [6, 6.07) is 3.99. The highest BCUT2D eigenvalue weighted by atomic mass is 16.5. The Morgan fingerprint density at radius 3 is 2.43 bits per heavy atom. The minimum absolute atomic E-state index is 0.0643. The van der Waals surface area contributed by atoms with Gasteiger partial charge in [0.1, 0.15) is 11.1 Å². The molecule has 1 aromatic heterocycles. The van der Waals surface area contributed by atoms with Crippen LogP contribution in [0.3, 0.4) is 0 Å². The van der Waals surface area contributed by atoms with Crippen LogP contribution >= 0.6 is 0 Å². The van der Waals surface area contributed by atoms with Gasteiger partial charge in [0.05, 0.1) is 20.5 Å². The Morgan fingerprint density at radius 1 is 1.09 bits per heavy atom. The van der Waals surface area contributed by atoms with Crippen LogP contribution in [0.15, 0.2) is 32.2 Å². The largest absolute Gasteiger partial charge is 0.515 e. The van der Waals surface area contributed by atoms with Crippen molar-refractivity contribution in [3.05, 3.63) is 43.9 Å². The highest BCUT2D eigenvalue weighted by molar-refractivity contribution is 6.07. The third-order valence-electron chi connectivity index (χ3n) is 3.58. The van der Waals surface area contributed by atoms with E-state index in [4.69, 9.17) is 13.9 Å². The van der Waals surface area contributed by atoms with Crippen LogP contribution in [0.5, 0.6) is 17.4 Å². The average Bonchev–Trinajstić information content (AvgIpc) is 2.55. The quantitative estimate of drug-likeness (QED) is 0.680. The number of aromatic hydroxyl groups is 1. The summed E-state index contributed by atoms with van der Waals surface area (Å²) < 4.78 is 15.1. The molecule has 118 valence electrons. The van der Waals surface area contributed by atoms with E-state index in [-0.39, 0.29) is 38.5 Å². The second-order valence-corrected chi connectivity index (χ2v) is 4.79. The number of fused-ring (bicyclic) bond motifs is 3. The molecule has 0 saturated heterocycles. The van der Waals surface area contributed by atoms with E-state index in [1.807, 2.05) is 0 Å². The third kappa shape index (κ3) is 2.05. The molecule has 0 bridgehead atoms. The fourth-order valence-corrected chi connectivity index (χ4v) is 2.54. The molecule has 23 heavy (non-hydrogen) atoms. The lowest BCUT2D eigenvalue weighted by Gasteiger charge is -2.08. The van der Waals surface area contributed by atoms with Gasteiger partial charge in [0.2, 0.25) is 0 Å². The van der Waals surface area contributed by atoms with Crippen LogP contribution in [-0.2, 0) is 0 Å². The molecule has 3 aromatic rings. The molecule has 7 heteroatoms. The summed E-state index contributed by atoms with van der Waals surface area (Å²) >= 11 is 0. The van der Waals surface area contributed by atoms with Gasteiger partial charge in [-0.1, -0.05) is 0 Å². The zero-order valence-corrected chi connectivity index (χ0v) is 12.2. The van der Waals surface area contributed by atoms with Gasteiger partial charge in [-0.15, -0.1) is 0 Å². The number of hydrogen-bond acceptors (Lipinski definition) is 7. The summed E-state index contributed by atoms with van der Waals surface area (Å²) in [4.78, 5) is 24.5. The van der Waals surface area contributed by atoms with Crippen LogP contribution in [0.25, 0.3) is 28.0 Å². The molecule has 3 rings (SSSR count). The number of aliphatic hydroxyl groups is 1. The second kappa shape index (κ2) is 5.20. The van der Waals surface area contributed by atoms with E-state index >= 15 is 0 Å². The predicted molar refractivity (Wildman–Crippen MR) is 83.3 cm³/mol. The van der Waals surface area contributed by atoms with Crippen molar-refractivity contribution in [2.45, 2.75) is 0 Å². The minimum atomic E-state index is -0.686. The van der Waals surface area contributed by atoms with Gasteiger partial charge in [-0.05, 0) is 12.1 Å². The number of aliphatic hydroxyl groups excluding tert-OH is 1.